The highest BCUT2D eigenvalue weighted by Gasteiger charge is 2.17. The molecule has 2 heterocycles. The van der Waals surface area contributed by atoms with Gasteiger partial charge in [0.05, 0.1) is 19.7 Å². The van der Waals surface area contributed by atoms with Gasteiger partial charge < -0.3 is 30.0 Å². The minimum atomic E-state index is 0. The fraction of sp³-hybridized carbons (Fsp3) is 0.625. The standard InChI is InChI=1S/C24H39N5O2.HI/c1-5-29-13-9-18(10-14-29)8-12-27-24(25-2)26-11-6-7-19-15-21-22(28-19)16-20(30-3)17-23(21)31-4;/h15-18,28H,5-14H2,1-4H3,(H2,25,26,27);1H. The van der Waals surface area contributed by atoms with E-state index in [1.807, 2.05) is 19.2 Å². The summed E-state index contributed by atoms with van der Waals surface area (Å²) < 4.78 is 10.9. The molecule has 0 bridgehead atoms. The molecule has 0 amide bonds. The monoisotopic (exact) mass is 557 g/mol. The van der Waals surface area contributed by atoms with Crippen LogP contribution in [0.2, 0.25) is 0 Å². The third-order valence-corrected chi connectivity index (χ3v) is 6.32. The third kappa shape index (κ3) is 7.43. The molecule has 180 valence electrons. The summed E-state index contributed by atoms with van der Waals surface area (Å²) in [7, 11) is 5.20. The van der Waals surface area contributed by atoms with Gasteiger partial charge >= 0.3 is 0 Å². The first-order valence-corrected chi connectivity index (χ1v) is 11.6. The maximum atomic E-state index is 5.51. The lowest BCUT2D eigenvalue weighted by Gasteiger charge is -2.31. The van der Waals surface area contributed by atoms with Crippen LogP contribution in [-0.2, 0) is 6.42 Å². The summed E-state index contributed by atoms with van der Waals surface area (Å²) in [6.07, 6.45) is 5.84. The molecule has 0 saturated carbocycles. The molecular formula is C24H40IN5O2. The number of H-pyrrole nitrogens is 1. The summed E-state index contributed by atoms with van der Waals surface area (Å²) >= 11 is 0. The molecule has 0 atom stereocenters. The van der Waals surface area contributed by atoms with Crippen LogP contribution in [0.3, 0.4) is 0 Å². The van der Waals surface area contributed by atoms with Crippen LogP contribution < -0.4 is 20.1 Å². The number of piperidine rings is 1. The van der Waals surface area contributed by atoms with Crippen LogP contribution in [0.15, 0.2) is 23.2 Å². The van der Waals surface area contributed by atoms with Crippen molar-refractivity contribution >= 4 is 40.8 Å². The highest BCUT2D eigenvalue weighted by molar-refractivity contribution is 14.0. The Kier molecular flexibility index (Phi) is 11.4. The molecule has 1 aromatic carbocycles. The van der Waals surface area contributed by atoms with Gasteiger partial charge in [-0.25, -0.2) is 0 Å². The fourth-order valence-corrected chi connectivity index (χ4v) is 4.35. The fourth-order valence-electron chi connectivity index (χ4n) is 4.35. The van der Waals surface area contributed by atoms with Crippen molar-refractivity contribution in [3.05, 3.63) is 23.9 Å². The molecule has 1 aliphatic heterocycles. The molecule has 32 heavy (non-hydrogen) atoms. The van der Waals surface area contributed by atoms with Crippen molar-refractivity contribution in [3.8, 4) is 11.5 Å². The first-order valence-electron chi connectivity index (χ1n) is 11.6. The number of hydrogen-bond donors (Lipinski definition) is 3. The highest BCUT2D eigenvalue weighted by Crippen LogP contribution is 2.31. The topological polar surface area (TPSA) is 73.9 Å². The Balaban J connectivity index is 0.00000363. The molecule has 0 spiro atoms. The van der Waals surface area contributed by atoms with Crippen molar-refractivity contribution in [3.63, 3.8) is 0 Å². The number of fused-ring (bicyclic) bond motifs is 1. The summed E-state index contributed by atoms with van der Waals surface area (Å²) in [5.41, 5.74) is 2.24. The molecule has 7 nitrogen and oxygen atoms in total. The number of rotatable bonds is 10. The summed E-state index contributed by atoms with van der Waals surface area (Å²) in [6, 6.07) is 6.10. The van der Waals surface area contributed by atoms with Crippen molar-refractivity contribution in [2.24, 2.45) is 10.9 Å². The second kappa shape index (κ2) is 13.8. The molecular weight excluding hydrogens is 517 g/mol. The molecule has 3 rings (SSSR count). The van der Waals surface area contributed by atoms with Gasteiger partial charge in [-0.3, -0.25) is 4.99 Å². The number of ether oxygens (including phenoxy) is 2. The zero-order valence-electron chi connectivity index (χ0n) is 20.0. The molecule has 1 saturated heterocycles. The first kappa shape index (κ1) is 26.6. The molecule has 2 aromatic rings. The maximum Gasteiger partial charge on any atom is 0.190 e. The van der Waals surface area contributed by atoms with Crippen LogP contribution in [0.5, 0.6) is 11.5 Å². The number of methoxy groups -OCH3 is 2. The molecule has 0 radical (unpaired) electrons. The Bertz CT molecular complexity index is 846. The number of guanidine groups is 1. The van der Waals surface area contributed by atoms with Gasteiger partial charge in [0.2, 0.25) is 0 Å². The zero-order chi connectivity index (χ0) is 22.1. The van der Waals surface area contributed by atoms with E-state index in [4.69, 9.17) is 9.47 Å². The Labute approximate surface area is 209 Å². The smallest absolute Gasteiger partial charge is 0.190 e. The van der Waals surface area contributed by atoms with Crippen molar-refractivity contribution < 1.29 is 9.47 Å². The van der Waals surface area contributed by atoms with Gasteiger partial charge in [-0.15, -0.1) is 24.0 Å². The minimum absolute atomic E-state index is 0. The summed E-state index contributed by atoms with van der Waals surface area (Å²) in [5.74, 6) is 3.37. The van der Waals surface area contributed by atoms with Crippen LogP contribution in [-0.4, -0.2) is 69.8 Å². The van der Waals surface area contributed by atoms with E-state index in [2.05, 4.69) is 38.5 Å². The average Bonchev–Trinajstić information content (AvgIpc) is 3.23. The number of nitrogens with one attached hydrogen (secondary N) is 3. The van der Waals surface area contributed by atoms with Crippen LogP contribution in [0, 0.1) is 5.92 Å². The van der Waals surface area contributed by atoms with E-state index in [1.54, 1.807) is 14.2 Å². The van der Waals surface area contributed by atoms with Gasteiger partial charge in [0, 0.05) is 43.4 Å². The SMILES string of the molecule is CCN1CCC(CCNC(=NC)NCCCc2cc3c(OC)cc(OC)cc3[nH]2)CC1.I. The predicted octanol–water partition coefficient (Wildman–Crippen LogP) is 4.02. The number of benzene rings is 1. The number of halogens is 1. The number of likely N-dealkylation sites (tertiary alicyclic amines) is 1. The Morgan fingerprint density at radius 3 is 2.53 bits per heavy atom. The molecule has 8 heteroatoms. The van der Waals surface area contributed by atoms with Crippen LogP contribution in [0.1, 0.15) is 38.3 Å². The molecule has 1 aromatic heterocycles. The van der Waals surface area contributed by atoms with E-state index in [1.165, 1.54) is 44.6 Å². The van der Waals surface area contributed by atoms with Gasteiger partial charge in [-0.1, -0.05) is 6.92 Å². The van der Waals surface area contributed by atoms with Gasteiger partial charge in [0.15, 0.2) is 5.96 Å². The molecule has 1 fully saturated rings. The van der Waals surface area contributed by atoms with Crippen LogP contribution in [0.4, 0.5) is 0 Å². The minimum Gasteiger partial charge on any atom is -0.497 e. The second-order valence-corrected chi connectivity index (χ2v) is 8.28. The van der Waals surface area contributed by atoms with Gasteiger partial charge in [0.25, 0.3) is 0 Å². The van der Waals surface area contributed by atoms with Crippen molar-refractivity contribution in [2.45, 2.75) is 39.0 Å². The number of aliphatic imine (C=N–C) groups is 1. The third-order valence-electron chi connectivity index (χ3n) is 6.32. The number of nitrogens with zero attached hydrogens (tertiary/aromatic N) is 2. The molecule has 0 unspecified atom stereocenters. The van der Waals surface area contributed by atoms with E-state index in [9.17, 15) is 0 Å². The lowest BCUT2D eigenvalue weighted by molar-refractivity contribution is 0.187. The van der Waals surface area contributed by atoms with E-state index < -0.39 is 0 Å². The van der Waals surface area contributed by atoms with E-state index in [0.29, 0.717) is 0 Å². The van der Waals surface area contributed by atoms with E-state index in [-0.39, 0.29) is 24.0 Å². The number of aromatic nitrogens is 1. The lowest BCUT2D eigenvalue weighted by Crippen LogP contribution is -2.39. The Hall–Kier alpha value is -1.68. The summed E-state index contributed by atoms with van der Waals surface area (Å²) in [6.45, 7) is 7.80. The van der Waals surface area contributed by atoms with Crippen molar-refractivity contribution in [2.75, 3.05) is 54.0 Å². The normalized spacial score (nSPS) is 15.4. The van der Waals surface area contributed by atoms with Gasteiger partial charge in [-0.2, -0.15) is 0 Å². The average molecular weight is 558 g/mol. The first-order chi connectivity index (χ1) is 15.2. The maximum absolute atomic E-state index is 5.51. The summed E-state index contributed by atoms with van der Waals surface area (Å²) in [4.78, 5) is 10.4. The van der Waals surface area contributed by atoms with Crippen molar-refractivity contribution in [1.29, 1.82) is 0 Å². The Morgan fingerprint density at radius 2 is 1.88 bits per heavy atom. The molecule has 1 aliphatic rings. The highest BCUT2D eigenvalue weighted by atomic mass is 127. The van der Waals surface area contributed by atoms with E-state index in [0.717, 1.165) is 60.2 Å². The Morgan fingerprint density at radius 1 is 1.12 bits per heavy atom. The van der Waals surface area contributed by atoms with E-state index >= 15 is 0 Å². The van der Waals surface area contributed by atoms with Crippen LogP contribution in [0.25, 0.3) is 10.9 Å². The van der Waals surface area contributed by atoms with Gasteiger partial charge in [-0.05, 0) is 63.7 Å². The number of hydrogen-bond acceptors (Lipinski definition) is 4. The largest absolute Gasteiger partial charge is 0.497 e. The zero-order valence-corrected chi connectivity index (χ0v) is 22.3. The predicted molar refractivity (Wildman–Crippen MR) is 144 cm³/mol. The second-order valence-electron chi connectivity index (χ2n) is 8.28. The number of aromatic amines is 1. The molecule has 3 N–H and O–H groups in total. The number of aryl methyl sites for hydroxylation is 1. The lowest BCUT2D eigenvalue weighted by atomic mass is 9.93. The van der Waals surface area contributed by atoms with Gasteiger partial charge in [0.1, 0.15) is 11.5 Å². The molecule has 0 aliphatic carbocycles. The quantitative estimate of drug-likeness (QED) is 0.178. The summed E-state index contributed by atoms with van der Waals surface area (Å²) in [5, 5.41) is 8.01. The van der Waals surface area contributed by atoms with Crippen LogP contribution >= 0.6 is 24.0 Å². The van der Waals surface area contributed by atoms with Crippen molar-refractivity contribution in [1.82, 2.24) is 20.5 Å².